The first kappa shape index (κ1) is 7.98. The van der Waals surface area contributed by atoms with Gasteiger partial charge in [-0.2, -0.15) is 0 Å². The van der Waals surface area contributed by atoms with Gasteiger partial charge in [-0.3, -0.25) is 0 Å². The molecule has 1 aliphatic heterocycles. The second kappa shape index (κ2) is 3.91. The molecule has 1 rings (SSSR count). The molecule has 1 heterocycles. The van der Waals surface area contributed by atoms with E-state index in [9.17, 15) is 0 Å². The fraction of sp³-hybridized carbons (Fsp3) is 1.00. The number of likely N-dealkylation sites (N-methyl/N-ethyl adjacent to an activating group) is 1. The number of hydrogen-bond donors (Lipinski definition) is 1. The molecular formula is C7H15NO2. The lowest BCUT2D eigenvalue weighted by Crippen LogP contribution is -2.45. The zero-order valence-corrected chi connectivity index (χ0v) is 6.59. The van der Waals surface area contributed by atoms with Crippen molar-refractivity contribution in [2.45, 2.75) is 18.6 Å². The van der Waals surface area contributed by atoms with Crippen LogP contribution in [0.3, 0.4) is 0 Å². The summed E-state index contributed by atoms with van der Waals surface area (Å²) >= 11 is 0. The number of methoxy groups -OCH3 is 1. The molecule has 0 unspecified atom stereocenters. The lowest BCUT2D eigenvalue weighted by molar-refractivity contribution is -0.0481. The topological polar surface area (TPSA) is 30.5 Å². The summed E-state index contributed by atoms with van der Waals surface area (Å²) < 4.78 is 10.4. The molecular weight excluding hydrogens is 130 g/mol. The van der Waals surface area contributed by atoms with E-state index in [0.717, 1.165) is 19.6 Å². The van der Waals surface area contributed by atoms with Gasteiger partial charge in [-0.25, -0.2) is 0 Å². The first-order chi connectivity index (χ1) is 4.88. The Morgan fingerprint density at radius 1 is 1.60 bits per heavy atom. The smallest absolute Gasteiger partial charge is 0.0957 e. The van der Waals surface area contributed by atoms with Gasteiger partial charge < -0.3 is 14.8 Å². The Bertz CT molecular complexity index is 85.6. The molecule has 0 amide bonds. The molecule has 0 radical (unpaired) electrons. The fourth-order valence-electron chi connectivity index (χ4n) is 1.27. The summed E-state index contributed by atoms with van der Waals surface area (Å²) in [7, 11) is 3.69. The lowest BCUT2D eigenvalue weighted by Gasteiger charge is -2.29. The van der Waals surface area contributed by atoms with Crippen molar-refractivity contribution in [2.75, 3.05) is 27.4 Å². The molecule has 60 valence electrons. The van der Waals surface area contributed by atoms with E-state index in [1.54, 1.807) is 7.11 Å². The minimum atomic E-state index is 0.235. The van der Waals surface area contributed by atoms with Gasteiger partial charge in [-0.1, -0.05) is 0 Å². The van der Waals surface area contributed by atoms with Crippen molar-refractivity contribution in [3.8, 4) is 0 Å². The number of rotatable bonds is 2. The van der Waals surface area contributed by atoms with E-state index in [0.29, 0.717) is 6.04 Å². The van der Waals surface area contributed by atoms with E-state index in [1.807, 2.05) is 7.05 Å². The molecule has 3 heteroatoms. The molecule has 1 fully saturated rings. The van der Waals surface area contributed by atoms with Crippen molar-refractivity contribution >= 4 is 0 Å². The maximum absolute atomic E-state index is 5.24. The van der Waals surface area contributed by atoms with Crippen molar-refractivity contribution in [1.82, 2.24) is 5.32 Å². The minimum Gasteiger partial charge on any atom is -0.379 e. The Morgan fingerprint density at radius 3 is 2.90 bits per heavy atom. The normalized spacial score (nSPS) is 34.2. The predicted octanol–water partition coefficient (Wildman–Crippen LogP) is 0.00970. The molecule has 3 nitrogen and oxygen atoms in total. The van der Waals surface area contributed by atoms with Crippen molar-refractivity contribution in [2.24, 2.45) is 0 Å². The third-order valence-corrected chi connectivity index (χ3v) is 1.98. The van der Waals surface area contributed by atoms with Gasteiger partial charge in [-0.05, 0) is 13.5 Å². The van der Waals surface area contributed by atoms with Crippen LogP contribution >= 0.6 is 0 Å². The van der Waals surface area contributed by atoms with E-state index >= 15 is 0 Å². The third kappa shape index (κ3) is 1.68. The van der Waals surface area contributed by atoms with Crippen LogP contribution in [0.4, 0.5) is 0 Å². The first-order valence-electron chi connectivity index (χ1n) is 3.66. The summed E-state index contributed by atoms with van der Waals surface area (Å²) in [5.74, 6) is 0. The third-order valence-electron chi connectivity index (χ3n) is 1.98. The fourth-order valence-corrected chi connectivity index (χ4v) is 1.27. The first-order valence-corrected chi connectivity index (χ1v) is 3.66. The molecule has 1 aliphatic rings. The van der Waals surface area contributed by atoms with Gasteiger partial charge in [0.2, 0.25) is 0 Å². The van der Waals surface area contributed by atoms with Gasteiger partial charge >= 0.3 is 0 Å². The van der Waals surface area contributed by atoms with Crippen molar-refractivity contribution in [1.29, 1.82) is 0 Å². The van der Waals surface area contributed by atoms with E-state index in [-0.39, 0.29) is 6.10 Å². The highest BCUT2D eigenvalue weighted by molar-refractivity contribution is 4.78. The van der Waals surface area contributed by atoms with Crippen LogP contribution in [0, 0.1) is 0 Å². The average molecular weight is 145 g/mol. The maximum atomic E-state index is 5.24. The number of nitrogens with one attached hydrogen (secondary N) is 1. The van der Waals surface area contributed by atoms with E-state index in [1.165, 1.54) is 0 Å². The minimum absolute atomic E-state index is 0.235. The second-order valence-electron chi connectivity index (χ2n) is 2.53. The summed E-state index contributed by atoms with van der Waals surface area (Å²) in [5.41, 5.74) is 0. The molecule has 2 atom stereocenters. The van der Waals surface area contributed by atoms with Crippen LogP contribution in [0.2, 0.25) is 0 Å². The maximum Gasteiger partial charge on any atom is 0.0957 e. The molecule has 0 aromatic rings. The van der Waals surface area contributed by atoms with Crippen LogP contribution in [0.25, 0.3) is 0 Å². The van der Waals surface area contributed by atoms with Crippen molar-refractivity contribution < 1.29 is 9.47 Å². The van der Waals surface area contributed by atoms with Crippen LogP contribution in [0.15, 0.2) is 0 Å². The Kier molecular flexibility index (Phi) is 3.12. The molecule has 0 aromatic heterocycles. The lowest BCUT2D eigenvalue weighted by atomic mass is 10.1. The number of hydrogen-bond acceptors (Lipinski definition) is 3. The highest BCUT2D eigenvalue weighted by atomic mass is 16.5. The largest absolute Gasteiger partial charge is 0.379 e. The summed E-state index contributed by atoms with van der Waals surface area (Å²) in [4.78, 5) is 0. The SMILES string of the molecule is CN[C@@H]1CCOC[C@@H]1OC. The molecule has 1 saturated heterocycles. The molecule has 1 N–H and O–H groups in total. The van der Waals surface area contributed by atoms with Crippen molar-refractivity contribution in [3.05, 3.63) is 0 Å². The average Bonchev–Trinajstić information content (AvgIpc) is 2.04. The Balaban J connectivity index is 2.34. The number of ether oxygens (including phenoxy) is 2. The zero-order chi connectivity index (χ0) is 7.40. The molecule has 0 spiro atoms. The van der Waals surface area contributed by atoms with E-state index < -0.39 is 0 Å². The van der Waals surface area contributed by atoms with Gasteiger partial charge in [0.25, 0.3) is 0 Å². The van der Waals surface area contributed by atoms with Gasteiger partial charge in [-0.15, -0.1) is 0 Å². The highest BCUT2D eigenvalue weighted by Crippen LogP contribution is 2.09. The van der Waals surface area contributed by atoms with Crippen LogP contribution in [-0.2, 0) is 9.47 Å². The zero-order valence-electron chi connectivity index (χ0n) is 6.59. The van der Waals surface area contributed by atoms with Crippen molar-refractivity contribution in [3.63, 3.8) is 0 Å². The summed E-state index contributed by atoms with van der Waals surface area (Å²) in [6.45, 7) is 1.58. The Morgan fingerprint density at radius 2 is 2.40 bits per heavy atom. The summed E-state index contributed by atoms with van der Waals surface area (Å²) in [6.07, 6.45) is 1.29. The summed E-state index contributed by atoms with van der Waals surface area (Å²) in [5, 5.41) is 3.20. The Labute approximate surface area is 61.7 Å². The predicted molar refractivity (Wildman–Crippen MR) is 39.1 cm³/mol. The van der Waals surface area contributed by atoms with E-state index in [2.05, 4.69) is 5.32 Å². The van der Waals surface area contributed by atoms with Crippen LogP contribution in [0.1, 0.15) is 6.42 Å². The molecule has 0 aromatic carbocycles. The summed E-state index contributed by atoms with van der Waals surface area (Å²) in [6, 6.07) is 0.471. The van der Waals surface area contributed by atoms with Crippen LogP contribution in [0.5, 0.6) is 0 Å². The van der Waals surface area contributed by atoms with Gasteiger partial charge in [0.05, 0.1) is 12.7 Å². The van der Waals surface area contributed by atoms with Crippen LogP contribution in [-0.4, -0.2) is 39.5 Å². The van der Waals surface area contributed by atoms with Gasteiger partial charge in [0.15, 0.2) is 0 Å². The van der Waals surface area contributed by atoms with Crippen LogP contribution < -0.4 is 5.32 Å². The molecule has 10 heavy (non-hydrogen) atoms. The molecule has 0 saturated carbocycles. The standard InChI is InChI=1S/C7H15NO2/c1-8-6-3-4-10-5-7(6)9-2/h6-8H,3-5H2,1-2H3/t6-,7+/m1/s1. The van der Waals surface area contributed by atoms with Gasteiger partial charge in [0, 0.05) is 19.8 Å². The highest BCUT2D eigenvalue weighted by Gasteiger charge is 2.23. The van der Waals surface area contributed by atoms with E-state index in [4.69, 9.17) is 9.47 Å². The monoisotopic (exact) mass is 145 g/mol. The second-order valence-corrected chi connectivity index (χ2v) is 2.53. The Hall–Kier alpha value is -0.120. The molecule has 0 bridgehead atoms. The quantitative estimate of drug-likeness (QED) is 0.593. The molecule has 0 aliphatic carbocycles. The van der Waals surface area contributed by atoms with Gasteiger partial charge in [0.1, 0.15) is 0 Å².